The average molecular weight is 234 g/mol. The van der Waals surface area contributed by atoms with Gasteiger partial charge in [0.05, 0.1) is 10.5 Å². The summed E-state index contributed by atoms with van der Waals surface area (Å²) in [4.78, 5) is 10.7. The lowest BCUT2D eigenvalue weighted by molar-refractivity contribution is -0.385. The number of nitrogens with one attached hydrogen (secondary N) is 1. The molecule has 0 aliphatic carbocycles. The van der Waals surface area contributed by atoms with Crippen LogP contribution in [0.15, 0.2) is 18.2 Å². The van der Waals surface area contributed by atoms with E-state index >= 15 is 0 Å². The molecule has 2 aliphatic rings. The van der Waals surface area contributed by atoms with E-state index in [0.29, 0.717) is 0 Å². The Morgan fingerprint density at radius 3 is 2.82 bits per heavy atom. The lowest BCUT2D eigenvalue weighted by atomic mass is 9.87. The Morgan fingerprint density at radius 1 is 1.35 bits per heavy atom. The van der Waals surface area contributed by atoms with Crippen molar-refractivity contribution in [1.29, 1.82) is 0 Å². The largest absolute Gasteiger partial charge is 0.381 e. The Kier molecular flexibility index (Phi) is 2.29. The van der Waals surface area contributed by atoms with Gasteiger partial charge in [0.25, 0.3) is 5.69 Å². The summed E-state index contributed by atoms with van der Waals surface area (Å²) in [6.07, 6.45) is 2.57. The van der Waals surface area contributed by atoms with Gasteiger partial charge in [0.1, 0.15) is 0 Å². The van der Waals surface area contributed by atoms with Crippen molar-refractivity contribution < 1.29 is 9.66 Å². The molecule has 1 N–H and O–H groups in total. The third-order valence-corrected chi connectivity index (χ3v) is 3.71. The van der Waals surface area contributed by atoms with Crippen molar-refractivity contribution in [2.24, 2.45) is 0 Å². The molecule has 1 saturated heterocycles. The van der Waals surface area contributed by atoms with Gasteiger partial charge in [-0.15, -0.1) is 0 Å². The zero-order valence-electron chi connectivity index (χ0n) is 9.44. The van der Waals surface area contributed by atoms with Crippen LogP contribution in [0.25, 0.3) is 0 Å². The van der Waals surface area contributed by atoms with Gasteiger partial charge in [0.2, 0.25) is 0 Å². The van der Waals surface area contributed by atoms with Crippen molar-refractivity contribution in [2.75, 3.05) is 18.5 Å². The predicted octanol–water partition coefficient (Wildman–Crippen LogP) is 2.11. The molecule has 2 aliphatic heterocycles. The predicted molar refractivity (Wildman–Crippen MR) is 63.2 cm³/mol. The van der Waals surface area contributed by atoms with Crippen LogP contribution in [0.3, 0.4) is 0 Å². The minimum Gasteiger partial charge on any atom is -0.381 e. The number of rotatable bonds is 1. The molecule has 17 heavy (non-hydrogen) atoms. The van der Waals surface area contributed by atoms with E-state index < -0.39 is 0 Å². The van der Waals surface area contributed by atoms with Gasteiger partial charge in [-0.2, -0.15) is 0 Å². The summed E-state index contributed by atoms with van der Waals surface area (Å²) in [5, 5.41) is 14.4. The maximum Gasteiger partial charge on any atom is 0.274 e. The highest BCUT2D eigenvalue weighted by molar-refractivity contribution is 5.66. The number of fused-ring (bicyclic) bond motifs is 1. The molecule has 1 aromatic carbocycles. The zero-order chi connectivity index (χ0) is 11.9. The fourth-order valence-corrected chi connectivity index (χ4v) is 2.78. The van der Waals surface area contributed by atoms with Gasteiger partial charge in [-0.1, -0.05) is 6.07 Å². The molecule has 5 heteroatoms. The summed E-state index contributed by atoms with van der Waals surface area (Å²) in [7, 11) is 0. The number of anilines is 1. The zero-order valence-corrected chi connectivity index (χ0v) is 9.44. The Balaban J connectivity index is 1.97. The fourth-order valence-electron chi connectivity index (χ4n) is 2.78. The van der Waals surface area contributed by atoms with Gasteiger partial charge in [-0.3, -0.25) is 10.1 Å². The van der Waals surface area contributed by atoms with Gasteiger partial charge >= 0.3 is 0 Å². The Morgan fingerprint density at radius 2 is 2.12 bits per heavy atom. The van der Waals surface area contributed by atoms with E-state index in [1.807, 2.05) is 6.07 Å². The monoisotopic (exact) mass is 234 g/mol. The summed E-state index contributed by atoms with van der Waals surface area (Å²) in [6.45, 7) is 1.46. The lowest BCUT2D eigenvalue weighted by Gasteiger charge is -2.33. The van der Waals surface area contributed by atoms with Crippen LogP contribution in [-0.2, 0) is 11.2 Å². The van der Waals surface area contributed by atoms with Crippen LogP contribution in [-0.4, -0.2) is 23.7 Å². The highest BCUT2D eigenvalue weighted by atomic mass is 16.6. The maximum absolute atomic E-state index is 11.0. The highest BCUT2D eigenvalue weighted by Crippen LogP contribution is 2.42. The van der Waals surface area contributed by atoms with E-state index in [0.717, 1.165) is 43.7 Å². The summed E-state index contributed by atoms with van der Waals surface area (Å²) < 4.78 is 5.36. The molecule has 0 amide bonds. The number of ether oxygens (including phenoxy) is 1. The van der Waals surface area contributed by atoms with Gasteiger partial charge in [0, 0.05) is 36.9 Å². The second-order valence-corrected chi connectivity index (χ2v) is 4.75. The van der Waals surface area contributed by atoms with Crippen LogP contribution in [0.2, 0.25) is 0 Å². The first-order valence-corrected chi connectivity index (χ1v) is 5.82. The lowest BCUT2D eigenvalue weighted by Crippen LogP contribution is -2.41. The molecule has 1 aromatic rings. The maximum atomic E-state index is 11.0. The number of nitrogens with zero attached hydrogens (tertiary/aromatic N) is 1. The SMILES string of the molecule is O=[N+]([O-])c1cccc2c1CC1(CCOCC1)N2. The quantitative estimate of drug-likeness (QED) is 0.597. The number of hydrogen-bond acceptors (Lipinski definition) is 4. The molecule has 0 atom stereocenters. The van der Waals surface area contributed by atoms with E-state index in [1.165, 1.54) is 0 Å². The molecule has 1 spiro atoms. The van der Waals surface area contributed by atoms with E-state index in [4.69, 9.17) is 4.74 Å². The number of hydrogen-bond donors (Lipinski definition) is 1. The molecular formula is C12H14N2O3. The van der Waals surface area contributed by atoms with Crippen molar-refractivity contribution in [3.63, 3.8) is 0 Å². The van der Waals surface area contributed by atoms with Crippen molar-refractivity contribution >= 4 is 11.4 Å². The van der Waals surface area contributed by atoms with E-state index in [2.05, 4.69) is 5.32 Å². The Labute approximate surface area is 98.9 Å². The van der Waals surface area contributed by atoms with E-state index in [9.17, 15) is 10.1 Å². The topological polar surface area (TPSA) is 64.4 Å². The summed E-state index contributed by atoms with van der Waals surface area (Å²) in [5.41, 5.74) is 1.98. The molecule has 0 radical (unpaired) electrons. The molecule has 3 rings (SSSR count). The molecule has 0 unspecified atom stereocenters. The molecular weight excluding hydrogens is 220 g/mol. The first-order valence-electron chi connectivity index (χ1n) is 5.82. The second-order valence-electron chi connectivity index (χ2n) is 4.75. The van der Waals surface area contributed by atoms with E-state index in [-0.39, 0.29) is 16.1 Å². The smallest absolute Gasteiger partial charge is 0.274 e. The molecule has 0 saturated carbocycles. The van der Waals surface area contributed by atoms with Crippen LogP contribution < -0.4 is 5.32 Å². The molecule has 2 heterocycles. The van der Waals surface area contributed by atoms with Gasteiger partial charge in [-0.05, 0) is 18.9 Å². The highest BCUT2D eigenvalue weighted by Gasteiger charge is 2.41. The van der Waals surface area contributed by atoms with Crippen molar-refractivity contribution in [2.45, 2.75) is 24.8 Å². The van der Waals surface area contributed by atoms with Crippen LogP contribution >= 0.6 is 0 Å². The van der Waals surface area contributed by atoms with E-state index in [1.54, 1.807) is 12.1 Å². The summed E-state index contributed by atoms with van der Waals surface area (Å²) in [6, 6.07) is 5.24. The fraction of sp³-hybridized carbons (Fsp3) is 0.500. The van der Waals surface area contributed by atoms with Crippen LogP contribution in [0.1, 0.15) is 18.4 Å². The van der Waals surface area contributed by atoms with Gasteiger partial charge in [-0.25, -0.2) is 0 Å². The number of nitro benzene ring substituents is 1. The van der Waals surface area contributed by atoms with Crippen molar-refractivity contribution in [3.05, 3.63) is 33.9 Å². The molecule has 5 nitrogen and oxygen atoms in total. The second kappa shape index (κ2) is 3.70. The molecule has 0 bridgehead atoms. The molecule has 90 valence electrons. The number of benzene rings is 1. The summed E-state index contributed by atoms with van der Waals surface area (Å²) in [5.74, 6) is 0. The van der Waals surface area contributed by atoms with Crippen molar-refractivity contribution in [1.82, 2.24) is 0 Å². The minimum absolute atomic E-state index is 0.0211. The normalized spacial score (nSPS) is 20.9. The molecule has 1 fully saturated rings. The standard InChI is InChI=1S/C12H14N2O3/c15-14(16)11-3-1-2-10-9(11)8-12(13-10)4-6-17-7-5-12/h1-3,13H,4-8H2. The average Bonchev–Trinajstić information content (AvgIpc) is 2.66. The van der Waals surface area contributed by atoms with Gasteiger partial charge < -0.3 is 10.1 Å². The van der Waals surface area contributed by atoms with Crippen molar-refractivity contribution in [3.8, 4) is 0 Å². The Bertz CT molecular complexity index is 467. The van der Waals surface area contributed by atoms with Crippen LogP contribution in [0, 0.1) is 10.1 Å². The van der Waals surface area contributed by atoms with Crippen LogP contribution in [0.5, 0.6) is 0 Å². The summed E-state index contributed by atoms with van der Waals surface area (Å²) >= 11 is 0. The first-order chi connectivity index (χ1) is 8.20. The Hall–Kier alpha value is -1.62. The third-order valence-electron chi connectivity index (χ3n) is 3.71. The van der Waals surface area contributed by atoms with Crippen LogP contribution in [0.4, 0.5) is 11.4 Å². The number of nitro groups is 1. The third kappa shape index (κ3) is 1.67. The first kappa shape index (κ1) is 10.5. The minimum atomic E-state index is -0.293. The molecule has 0 aromatic heterocycles. The van der Waals surface area contributed by atoms with Gasteiger partial charge in [0.15, 0.2) is 0 Å².